The minimum absolute atomic E-state index is 0.0491. The zero-order valence-corrected chi connectivity index (χ0v) is 16.6. The van der Waals surface area contributed by atoms with Crippen molar-refractivity contribution in [3.63, 3.8) is 0 Å². The van der Waals surface area contributed by atoms with Crippen molar-refractivity contribution in [2.45, 2.75) is 19.9 Å². The zero-order chi connectivity index (χ0) is 21.0. The summed E-state index contributed by atoms with van der Waals surface area (Å²) in [5.41, 5.74) is 1.67. The summed E-state index contributed by atoms with van der Waals surface area (Å²) < 4.78 is 25.5. The topological polar surface area (TPSA) is 67.9 Å². The number of hydrogen-bond acceptors (Lipinski definition) is 4. The molecule has 0 saturated heterocycles. The average molecular weight is 398 g/mol. The van der Waals surface area contributed by atoms with E-state index in [2.05, 4.69) is 5.32 Å². The SMILES string of the molecule is CCOC(=O)C1=C(COc2cccc(C)c2)N(C)C(=O)N[C@@H]1c1ccccc1F. The number of ether oxygens (including phenoxy) is 2. The Labute approximate surface area is 168 Å². The van der Waals surface area contributed by atoms with Crippen molar-refractivity contribution in [2.75, 3.05) is 20.3 Å². The molecule has 0 aliphatic carbocycles. The predicted octanol–water partition coefficient (Wildman–Crippen LogP) is 3.73. The summed E-state index contributed by atoms with van der Waals surface area (Å²) in [4.78, 5) is 26.6. The molecule has 2 amide bonds. The Kier molecular flexibility index (Phi) is 6.16. The molecule has 1 aliphatic heterocycles. The summed E-state index contributed by atoms with van der Waals surface area (Å²) >= 11 is 0. The molecule has 152 valence electrons. The van der Waals surface area contributed by atoms with Gasteiger partial charge in [-0.15, -0.1) is 0 Å². The van der Waals surface area contributed by atoms with Crippen LogP contribution >= 0.6 is 0 Å². The fourth-order valence-corrected chi connectivity index (χ4v) is 3.18. The van der Waals surface area contributed by atoms with Gasteiger partial charge in [0, 0.05) is 12.6 Å². The number of aryl methyl sites for hydroxylation is 1. The predicted molar refractivity (Wildman–Crippen MR) is 106 cm³/mol. The van der Waals surface area contributed by atoms with Crippen LogP contribution in [0.3, 0.4) is 0 Å². The number of nitrogens with zero attached hydrogens (tertiary/aromatic N) is 1. The highest BCUT2D eigenvalue weighted by molar-refractivity contribution is 5.95. The fraction of sp³-hybridized carbons (Fsp3) is 0.273. The van der Waals surface area contributed by atoms with E-state index in [1.165, 1.54) is 24.1 Å². The fourth-order valence-electron chi connectivity index (χ4n) is 3.18. The lowest BCUT2D eigenvalue weighted by atomic mass is 9.94. The number of amides is 2. The second-order valence-electron chi connectivity index (χ2n) is 6.65. The molecule has 0 unspecified atom stereocenters. The van der Waals surface area contributed by atoms with Gasteiger partial charge in [-0.3, -0.25) is 4.90 Å². The molecule has 0 radical (unpaired) electrons. The minimum atomic E-state index is -0.977. The van der Waals surface area contributed by atoms with Gasteiger partial charge < -0.3 is 14.8 Å². The van der Waals surface area contributed by atoms with Crippen LogP contribution in [0.1, 0.15) is 24.1 Å². The zero-order valence-electron chi connectivity index (χ0n) is 16.6. The van der Waals surface area contributed by atoms with Crippen LogP contribution in [0.25, 0.3) is 0 Å². The highest BCUT2D eigenvalue weighted by Crippen LogP contribution is 2.32. The molecule has 3 rings (SSSR count). The second kappa shape index (κ2) is 8.77. The van der Waals surface area contributed by atoms with Gasteiger partial charge in [0.25, 0.3) is 0 Å². The van der Waals surface area contributed by atoms with Crippen LogP contribution in [-0.4, -0.2) is 37.2 Å². The normalized spacial score (nSPS) is 16.5. The van der Waals surface area contributed by atoms with E-state index in [1.807, 2.05) is 25.1 Å². The maximum atomic E-state index is 14.5. The number of carbonyl (C=O) groups is 2. The molecule has 1 N–H and O–H groups in total. The van der Waals surface area contributed by atoms with Crippen molar-refractivity contribution >= 4 is 12.0 Å². The second-order valence-corrected chi connectivity index (χ2v) is 6.65. The Morgan fingerprint density at radius 1 is 1.21 bits per heavy atom. The third-order valence-corrected chi connectivity index (χ3v) is 4.65. The Balaban J connectivity index is 2.05. The summed E-state index contributed by atoms with van der Waals surface area (Å²) in [5, 5.41) is 2.68. The lowest BCUT2D eigenvalue weighted by Gasteiger charge is -2.34. The molecule has 6 nitrogen and oxygen atoms in total. The van der Waals surface area contributed by atoms with Gasteiger partial charge in [0.2, 0.25) is 0 Å². The van der Waals surface area contributed by atoms with E-state index in [-0.39, 0.29) is 24.4 Å². The number of hydrogen-bond donors (Lipinski definition) is 1. The molecule has 1 aliphatic rings. The summed E-state index contributed by atoms with van der Waals surface area (Å²) in [6.45, 7) is 3.72. The van der Waals surface area contributed by atoms with Crippen LogP contribution in [0.15, 0.2) is 59.8 Å². The van der Waals surface area contributed by atoms with E-state index in [9.17, 15) is 14.0 Å². The van der Waals surface area contributed by atoms with Gasteiger partial charge in [-0.25, -0.2) is 14.0 Å². The van der Waals surface area contributed by atoms with Crippen molar-refractivity contribution < 1.29 is 23.5 Å². The molecule has 2 aromatic carbocycles. The minimum Gasteiger partial charge on any atom is -0.487 e. The smallest absolute Gasteiger partial charge is 0.338 e. The number of urea groups is 1. The number of esters is 1. The van der Waals surface area contributed by atoms with E-state index in [1.54, 1.807) is 25.1 Å². The number of carbonyl (C=O) groups excluding carboxylic acids is 2. The first-order valence-electron chi connectivity index (χ1n) is 9.30. The lowest BCUT2D eigenvalue weighted by molar-refractivity contribution is -0.139. The molecular weight excluding hydrogens is 375 g/mol. The van der Waals surface area contributed by atoms with Gasteiger partial charge in [-0.1, -0.05) is 30.3 Å². The van der Waals surface area contributed by atoms with E-state index < -0.39 is 23.9 Å². The molecule has 29 heavy (non-hydrogen) atoms. The van der Waals surface area contributed by atoms with Crippen molar-refractivity contribution in [3.8, 4) is 5.75 Å². The van der Waals surface area contributed by atoms with Gasteiger partial charge in [0.15, 0.2) is 0 Å². The van der Waals surface area contributed by atoms with Crippen LogP contribution in [0.4, 0.5) is 9.18 Å². The van der Waals surface area contributed by atoms with E-state index in [4.69, 9.17) is 9.47 Å². The molecule has 0 fully saturated rings. The quantitative estimate of drug-likeness (QED) is 0.753. The molecule has 0 bridgehead atoms. The van der Waals surface area contributed by atoms with E-state index in [0.717, 1.165) is 5.56 Å². The van der Waals surface area contributed by atoms with Gasteiger partial charge in [0.05, 0.1) is 23.9 Å². The van der Waals surface area contributed by atoms with Crippen molar-refractivity contribution in [1.29, 1.82) is 0 Å². The van der Waals surface area contributed by atoms with Crippen molar-refractivity contribution in [3.05, 3.63) is 76.7 Å². The standard InChI is InChI=1S/C22H23FN2O4/c1-4-28-21(26)19-18(13-29-15-9-7-8-14(2)12-15)25(3)22(27)24-20(19)16-10-5-6-11-17(16)23/h5-12,20H,4,13H2,1-3H3,(H,24,27)/t20-/m1/s1. The number of halogens is 1. The van der Waals surface area contributed by atoms with Gasteiger partial charge in [-0.05, 0) is 37.6 Å². The molecular formula is C22H23FN2O4. The monoisotopic (exact) mass is 398 g/mol. The van der Waals surface area contributed by atoms with Crippen LogP contribution in [-0.2, 0) is 9.53 Å². The van der Waals surface area contributed by atoms with Crippen LogP contribution in [0, 0.1) is 12.7 Å². The van der Waals surface area contributed by atoms with Gasteiger partial charge in [0.1, 0.15) is 18.2 Å². The maximum Gasteiger partial charge on any atom is 0.338 e. The van der Waals surface area contributed by atoms with Crippen LogP contribution in [0.5, 0.6) is 5.75 Å². The number of benzene rings is 2. The Morgan fingerprint density at radius 3 is 2.66 bits per heavy atom. The van der Waals surface area contributed by atoms with Crippen LogP contribution in [0.2, 0.25) is 0 Å². The highest BCUT2D eigenvalue weighted by atomic mass is 19.1. The Morgan fingerprint density at radius 2 is 1.97 bits per heavy atom. The Hall–Kier alpha value is -3.35. The van der Waals surface area contributed by atoms with E-state index >= 15 is 0 Å². The number of nitrogens with one attached hydrogen (secondary N) is 1. The molecule has 7 heteroatoms. The summed E-state index contributed by atoms with van der Waals surface area (Å²) in [7, 11) is 1.53. The summed E-state index contributed by atoms with van der Waals surface area (Å²) in [6, 6.07) is 12.0. The third kappa shape index (κ3) is 4.39. The first-order valence-corrected chi connectivity index (χ1v) is 9.30. The highest BCUT2D eigenvalue weighted by Gasteiger charge is 2.38. The number of rotatable bonds is 6. The average Bonchev–Trinajstić information content (AvgIpc) is 2.69. The first-order chi connectivity index (χ1) is 13.9. The summed E-state index contributed by atoms with van der Waals surface area (Å²) in [6.07, 6.45) is 0. The first kappa shape index (κ1) is 20.4. The molecule has 0 saturated carbocycles. The third-order valence-electron chi connectivity index (χ3n) is 4.65. The van der Waals surface area contributed by atoms with Crippen molar-refractivity contribution in [1.82, 2.24) is 10.2 Å². The largest absolute Gasteiger partial charge is 0.487 e. The van der Waals surface area contributed by atoms with Crippen molar-refractivity contribution in [2.24, 2.45) is 0 Å². The van der Waals surface area contributed by atoms with Gasteiger partial charge in [-0.2, -0.15) is 0 Å². The number of likely N-dealkylation sites (N-methyl/N-ethyl adjacent to an activating group) is 1. The summed E-state index contributed by atoms with van der Waals surface area (Å²) in [5.74, 6) is -0.555. The molecule has 2 aromatic rings. The lowest BCUT2D eigenvalue weighted by Crippen LogP contribution is -2.48. The van der Waals surface area contributed by atoms with Gasteiger partial charge >= 0.3 is 12.0 Å². The molecule has 1 atom stereocenters. The molecule has 0 aromatic heterocycles. The van der Waals surface area contributed by atoms with E-state index in [0.29, 0.717) is 11.4 Å². The maximum absolute atomic E-state index is 14.5. The molecule has 0 spiro atoms. The molecule has 1 heterocycles. The van der Waals surface area contributed by atoms with Crippen LogP contribution < -0.4 is 10.1 Å². The Bertz CT molecular complexity index is 957.